The minimum atomic E-state index is -3.03. The fourth-order valence-electron chi connectivity index (χ4n) is 3.53. The summed E-state index contributed by atoms with van der Waals surface area (Å²) in [6.45, 7) is 8.62. The van der Waals surface area contributed by atoms with Gasteiger partial charge in [0.1, 0.15) is 0 Å². The van der Waals surface area contributed by atoms with Crippen LogP contribution in [0.25, 0.3) is 0 Å². The van der Waals surface area contributed by atoms with Crippen LogP contribution in [0.2, 0.25) is 0 Å². The van der Waals surface area contributed by atoms with Crippen molar-refractivity contribution in [3.63, 3.8) is 0 Å². The summed E-state index contributed by atoms with van der Waals surface area (Å²) in [4.78, 5) is 6.74. The molecule has 2 aliphatic rings. The molecule has 1 saturated heterocycles. The van der Waals surface area contributed by atoms with Crippen molar-refractivity contribution in [2.45, 2.75) is 70.1 Å². The van der Waals surface area contributed by atoms with Crippen LogP contribution in [-0.2, 0) is 14.6 Å². The average molecular weight is 374 g/mol. The number of guanidine groups is 1. The first-order valence-corrected chi connectivity index (χ1v) is 11.4. The van der Waals surface area contributed by atoms with Gasteiger partial charge in [-0.05, 0) is 33.6 Å². The van der Waals surface area contributed by atoms with E-state index in [0.29, 0.717) is 32.3 Å². The second-order valence-electron chi connectivity index (χ2n) is 7.72. The molecule has 146 valence electrons. The predicted molar refractivity (Wildman–Crippen MR) is 103 cm³/mol. The number of hydrogen-bond acceptors (Lipinski definition) is 4. The second kappa shape index (κ2) is 9.21. The van der Waals surface area contributed by atoms with Crippen molar-refractivity contribution < 1.29 is 13.2 Å². The maximum absolute atomic E-state index is 12.2. The molecule has 0 amide bonds. The van der Waals surface area contributed by atoms with E-state index >= 15 is 0 Å². The summed E-state index contributed by atoms with van der Waals surface area (Å²) in [5, 5.41) is 3.29. The van der Waals surface area contributed by atoms with Crippen LogP contribution in [0.15, 0.2) is 4.99 Å². The predicted octanol–water partition coefficient (Wildman–Crippen LogP) is 2.20. The smallest absolute Gasteiger partial charge is 0.194 e. The molecule has 0 radical (unpaired) electrons. The van der Waals surface area contributed by atoms with Crippen LogP contribution in [-0.4, -0.2) is 68.7 Å². The lowest BCUT2D eigenvalue weighted by atomic mass is 10.1. The number of nitrogens with zero attached hydrogens (tertiary/aromatic N) is 2. The van der Waals surface area contributed by atoms with Gasteiger partial charge in [-0.15, -0.1) is 0 Å². The molecule has 1 aliphatic carbocycles. The van der Waals surface area contributed by atoms with E-state index in [0.717, 1.165) is 12.5 Å². The first-order valence-electron chi connectivity index (χ1n) is 9.73. The van der Waals surface area contributed by atoms with Gasteiger partial charge in [-0.3, -0.25) is 4.99 Å². The SMILES string of the molecule is CCNC(=NCCOC1CCCCCC1)N1CCS(=O)(=O)C(C)(C)C1. The van der Waals surface area contributed by atoms with Gasteiger partial charge in [0.2, 0.25) is 0 Å². The molecule has 0 spiro atoms. The molecule has 0 aromatic heterocycles. The first kappa shape index (κ1) is 20.5. The van der Waals surface area contributed by atoms with Crippen molar-refractivity contribution in [2.75, 3.05) is 38.5 Å². The number of aliphatic imine (C=N–C) groups is 1. The summed E-state index contributed by atoms with van der Waals surface area (Å²) < 4.78 is 29.6. The minimum Gasteiger partial charge on any atom is -0.376 e. The summed E-state index contributed by atoms with van der Waals surface area (Å²) in [7, 11) is -3.03. The van der Waals surface area contributed by atoms with Gasteiger partial charge in [-0.25, -0.2) is 8.42 Å². The quantitative estimate of drug-likeness (QED) is 0.346. The van der Waals surface area contributed by atoms with E-state index in [1.807, 2.05) is 6.92 Å². The highest BCUT2D eigenvalue weighted by molar-refractivity contribution is 7.92. The van der Waals surface area contributed by atoms with Crippen LogP contribution in [0, 0.1) is 0 Å². The van der Waals surface area contributed by atoms with Crippen molar-refractivity contribution >= 4 is 15.8 Å². The Bertz CT molecular complexity index is 538. The Balaban J connectivity index is 1.87. The van der Waals surface area contributed by atoms with Gasteiger partial charge >= 0.3 is 0 Å². The third-order valence-corrected chi connectivity index (χ3v) is 7.72. The van der Waals surface area contributed by atoms with Crippen LogP contribution in [0.4, 0.5) is 0 Å². The van der Waals surface area contributed by atoms with E-state index in [9.17, 15) is 8.42 Å². The maximum Gasteiger partial charge on any atom is 0.194 e. The molecule has 0 unspecified atom stereocenters. The topological polar surface area (TPSA) is 71.0 Å². The number of ether oxygens (including phenoxy) is 1. The molecule has 1 saturated carbocycles. The summed E-state index contributed by atoms with van der Waals surface area (Å²) >= 11 is 0. The number of nitrogens with one attached hydrogen (secondary N) is 1. The lowest BCUT2D eigenvalue weighted by Crippen LogP contribution is -2.57. The highest BCUT2D eigenvalue weighted by Crippen LogP contribution is 2.24. The molecule has 1 N–H and O–H groups in total. The Morgan fingerprint density at radius 2 is 1.92 bits per heavy atom. The molecule has 0 atom stereocenters. The normalized spacial score (nSPS) is 24.8. The second-order valence-corrected chi connectivity index (χ2v) is 10.5. The van der Waals surface area contributed by atoms with Gasteiger partial charge in [0.05, 0.1) is 29.8 Å². The number of sulfone groups is 1. The molecule has 0 aromatic rings. The van der Waals surface area contributed by atoms with Crippen molar-refractivity contribution in [2.24, 2.45) is 4.99 Å². The number of rotatable bonds is 5. The molecule has 1 heterocycles. The van der Waals surface area contributed by atoms with E-state index in [1.165, 1.54) is 38.5 Å². The first-order chi connectivity index (χ1) is 11.9. The van der Waals surface area contributed by atoms with E-state index in [1.54, 1.807) is 13.8 Å². The maximum atomic E-state index is 12.2. The lowest BCUT2D eigenvalue weighted by molar-refractivity contribution is 0.0486. The molecular weight excluding hydrogens is 338 g/mol. The Morgan fingerprint density at radius 1 is 1.24 bits per heavy atom. The van der Waals surface area contributed by atoms with E-state index < -0.39 is 14.6 Å². The van der Waals surface area contributed by atoms with Gasteiger partial charge in [0.25, 0.3) is 0 Å². The Labute approximate surface area is 153 Å². The van der Waals surface area contributed by atoms with Crippen LogP contribution >= 0.6 is 0 Å². The van der Waals surface area contributed by atoms with Gasteiger partial charge in [-0.1, -0.05) is 25.7 Å². The van der Waals surface area contributed by atoms with Crippen LogP contribution < -0.4 is 5.32 Å². The lowest BCUT2D eigenvalue weighted by Gasteiger charge is -2.39. The van der Waals surface area contributed by atoms with Crippen LogP contribution in [0.5, 0.6) is 0 Å². The molecule has 0 aromatic carbocycles. The zero-order valence-corrected chi connectivity index (χ0v) is 16.9. The molecule has 25 heavy (non-hydrogen) atoms. The highest BCUT2D eigenvalue weighted by atomic mass is 32.2. The van der Waals surface area contributed by atoms with E-state index in [2.05, 4.69) is 15.2 Å². The van der Waals surface area contributed by atoms with Gasteiger partial charge in [-0.2, -0.15) is 0 Å². The molecular formula is C18H35N3O3S. The molecule has 1 aliphatic heterocycles. The largest absolute Gasteiger partial charge is 0.376 e. The molecule has 6 nitrogen and oxygen atoms in total. The van der Waals surface area contributed by atoms with Crippen molar-refractivity contribution in [1.29, 1.82) is 0 Å². The zero-order chi connectivity index (χ0) is 18.3. The molecule has 7 heteroatoms. The zero-order valence-electron chi connectivity index (χ0n) is 16.1. The molecule has 0 bridgehead atoms. The van der Waals surface area contributed by atoms with Gasteiger partial charge < -0.3 is 15.0 Å². The van der Waals surface area contributed by atoms with E-state index in [-0.39, 0.29) is 5.75 Å². The monoisotopic (exact) mass is 373 g/mol. The van der Waals surface area contributed by atoms with Crippen LogP contribution in [0.3, 0.4) is 0 Å². The van der Waals surface area contributed by atoms with Crippen molar-refractivity contribution in [3.8, 4) is 0 Å². The van der Waals surface area contributed by atoms with Crippen LogP contribution in [0.1, 0.15) is 59.3 Å². The Morgan fingerprint density at radius 3 is 2.52 bits per heavy atom. The molecule has 2 rings (SSSR count). The third kappa shape index (κ3) is 5.84. The fourth-order valence-corrected chi connectivity index (χ4v) is 4.90. The third-order valence-electron chi connectivity index (χ3n) is 5.19. The number of hydrogen-bond donors (Lipinski definition) is 1. The highest BCUT2D eigenvalue weighted by Gasteiger charge is 2.40. The Hall–Kier alpha value is -0.820. The van der Waals surface area contributed by atoms with Crippen molar-refractivity contribution in [1.82, 2.24) is 10.2 Å². The minimum absolute atomic E-state index is 0.184. The summed E-state index contributed by atoms with van der Waals surface area (Å²) in [5.74, 6) is 0.984. The summed E-state index contributed by atoms with van der Waals surface area (Å²) in [6.07, 6.45) is 7.93. The summed E-state index contributed by atoms with van der Waals surface area (Å²) in [6, 6.07) is 0. The standard InChI is InChI=1S/C18H35N3O3S/c1-4-19-17(21-12-14-25(22,23)18(2,3)15-21)20-11-13-24-16-9-7-5-6-8-10-16/h16H,4-15H2,1-3H3,(H,19,20). The summed E-state index contributed by atoms with van der Waals surface area (Å²) in [5.41, 5.74) is 0. The van der Waals surface area contributed by atoms with E-state index in [4.69, 9.17) is 4.74 Å². The average Bonchev–Trinajstić information content (AvgIpc) is 2.82. The molecule has 2 fully saturated rings. The van der Waals surface area contributed by atoms with Crippen molar-refractivity contribution in [3.05, 3.63) is 0 Å². The fraction of sp³-hybridized carbons (Fsp3) is 0.944. The Kier molecular flexibility index (Phi) is 7.55. The van der Waals surface area contributed by atoms with Gasteiger partial charge in [0.15, 0.2) is 15.8 Å². The van der Waals surface area contributed by atoms with Gasteiger partial charge in [0, 0.05) is 19.6 Å².